The molecule has 21 heavy (non-hydrogen) atoms. The number of para-hydroxylation sites is 2. The zero-order valence-electron chi connectivity index (χ0n) is 10.2. The van der Waals surface area contributed by atoms with Crippen LogP contribution in [0.25, 0.3) is 0 Å². The van der Waals surface area contributed by atoms with E-state index in [9.17, 15) is 28.1 Å². The summed E-state index contributed by atoms with van der Waals surface area (Å²) in [4.78, 5) is 35.4. The SMILES string of the molecule is O=c1[nH]cc(S(=O)(=O)Nc2ccccc2[N+](=O)[O-])c(=O)[nH]1. The summed E-state index contributed by atoms with van der Waals surface area (Å²) in [6, 6.07) is 5.04. The van der Waals surface area contributed by atoms with E-state index in [1.807, 2.05) is 9.71 Å². The molecule has 0 fully saturated rings. The largest absolute Gasteiger partial charge is 0.325 e. The molecule has 0 aliphatic rings. The van der Waals surface area contributed by atoms with Crippen LogP contribution in [0.4, 0.5) is 11.4 Å². The number of H-pyrrole nitrogens is 2. The molecule has 0 amide bonds. The van der Waals surface area contributed by atoms with Gasteiger partial charge in [0.15, 0.2) is 4.90 Å². The highest BCUT2D eigenvalue weighted by atomic mass is 32.2. The van der Waals surface area contributed by atoms with E-state index in [2.05, 4.69) is 0 Å². The number of aromatic nitrogens is 2. The fraction of sp³-hybridized carbons (Fsp3) is 0. The van der Waals surface area contributed by atoms with E-state index < -0.39 is 36.8 Å². The van der Waals surface area contributed by atoms with Gasteiger partial charge in [-0.25, -0.2) is 13.2 Å². The minimum absolute atomic E-state index is 0.298. The van der Waals surface area contributed by atoms with Crippen LogP contribution in [0.15, 0.2) is 44.9 Å². The number of sulfonamides is 1. The van der Waals surface area contributed by atoms with Crippen LogP contribution in [0.2, 0.25) is 0 Å². The minimum atomic E-state index is -4.39. The zero-order valence-corrected chi connectivity index (χ0v) is 11.0. The van der Waals surface area contributed by atoms with Crippen molar-refractivity contribution in [2.24, 2.45) is 0 Å². The lowest BCUT2D eigenvalue weighted by molar-refractivity contribution is -0.383. The molecule has 0 unspecified atom stereocenters. The van der Waals surface area contributed by atoms with Gasteiger partial charge in [0.25, 0.3) is 21.3 Å². The summed E-state index contributed by atoms with van der Waals surface area (Å²) in [6.07, 6.45) is 0.707. The molecule has 0 atom stereocenters. The van der Waals surface area contributed by atoms with Crippen molar-refractivity contribution < 1.29 is 13.3 Å². The summed E-state index contributed by atoms with van der Waals surface area (Å²) < 4.78 is 26.0. The maximum atomic E-state index is 12.0. The molecule has 0 spiro atoms. The standard InChI is InChI=1S/C10H8N4O6S/c15-9-8(5-11-10(16)12-9)21(19,20)13-6-3-1-2-4-7(6)14(17)18/h1-5,13H,(H2,11,12,15,16). The van der Waals surface area contributed by atoms with E-state index in [0.717, 1.165) is 6.07 Å². The second-order valence-electron chi connectivity index (χ2n) is 3.82. The molecule has 11 heteroatoms. The number of nitrogens with one attached hydrogen (secondary N) is 3. The molecule has 0 aliphatic heterocycles. The molecule has 0 aliphatic carbocycles. The van der Waals surface area contributed by atoms with E-state index in [1.165, 1.54) is 18.2 Å². The lowest BCUT2D eigenvalue weighted by Crippen LogP contribution is -2.29. The second kappa shape index (κ2) is 5.20. The van der Waals surface area contributed by atoms with Crippen molar-refractivity contribution in [1.29, 1.82) is 0 Å². The van der Waals surface area contributed by atoms with Gasteiger partial charge in [-0.1, -0.05) is 12.1 Å². The Hall–Kier alpha value is -2.95. The van der Waals surface area contributed by atoms with Crippen molar-refractivity contribution in [2.75, 3.05) is 4.72 Å². The van der Waals surface area contributed by atoms with E-state index in [0.29, 0.717) is 6.20 Å². The molecule has 1 aromatic heterocycles. The maximum absolute atomic E-state index is 12.0. The van der Waals surface area contributed by atoms with Gasteiger partial charge >= 0.3 is 5.69 Å². The summed E-state index contributed by atoms with van der Waals surface area (Å²) in [5.41, 5.74) is -2.77. The normalized spacial score (nSPS) is 11.0. The van der Waals surface area contributed by atoms with Gasteiger partial charge in [0.05, 0.1) is 4.92 Å². The number of benzene rings is 1. The molecular formula is C10H8N4O6S. The van der Waals surface area contributed by atoms with Gasteiger partial charge in [0.2, 0.25) is 0 Å². The fourth-order valence-corrected chi connectivity index (χ4v) is 2.60. The molecule has 0 saturated carbocycles. The van der Waals surface area contributed by atoms with Crippen molar-refractivity contribution in [1.82, 2.24) is 9.97 Å². The van der Waals surface area contributed by atoms with Crippen molar-refractivity contribution in [3.05, 3.63) is 61.4 Å². The van der Waals surface area contributed by atoms with Crippen LogP contribution < -0.4 is 16.0 Å². The van der Waals surface area contributed by atoms with Crippen LogP contribution in [0.1, 0.15) is 0 Å². The van der Waals surface area contributed by atoms with Crippen LogP contribution in [-0.2, 0) is 10.0 Å². The lowest BCUT2D eigenvalue weighted by Gasteiger charge is -2.07. The van der Waals surface area contributed by atoms with Gasteiger partial charge in [-0.15, -0.1) is 0 Å². The third kappa shape index (κ3) is 2.97. The smallest absolute Gasteiger partial charge is 0.313 e. The van der Waals surface area contributed by atoms with Gasteiger partial charge < -0.3 is 4.98 Å². The third-order valence-electron chi connectivity index (χ3n) is 2.42. The molecule has 2 aromatic rings. The molecule has 10 nitrogen and oxygen atoms in total. The van der Waals surface area contributed by atoms with Gasteiger partial charge in [0, 0.05) is 12.3 Å². The highest BCUT2D eigenvalue weighted by molar-refractivity contribution is 7.92. The zero-order chi connectivity index (χ0) is 15.6. The number of hydrogen-bond acceptors (Lipinski definition) is 6. The van der Waals surface area contributed by atoms with Crippen LogP contribution in [-0.4, -0.2) is 23.3 Å². The number of hydrogen-bond donors (Lipinski definition) is 3. The first-order valence-electron chi connectivity index (χ1n) is 5.39. The first-order valence-corrected chi connectivity index (χ1v) is 6.88. The molecule has 2 rings (SSSR count). The first-order chi connectivity index (χ1) is 9.81. The summed E-state index contributed by atoms with van der Waals surface area (Å²) in [7, 11) is -4.39. The molecular weight excluding hydrogens is 304 g/mol. The minimum Gasteiger partial charge on any atom is -0.313 e. The highest BCUT2D eigenvalue weighted by Gasteiger charge is 2.23. The Kier molecular flexibility index (Phi) is 3.58. The van der Waals surface area contributed by atoms with Crippen LogP contribution in [0.5, 0.6) is 0 Å². The van der Waals surface area contributed by atoms with Gasteiger partial charge in [-0.2, -0.15) is 0 Å². The molecule has 1 heterocycles. The summed E-state index contributed by atoms with van der Waals surface area (Å²) in [5.74, 6) is 0. The molecule has 0 radical (unpaired) electrons. The summed E-state index contributed by atoms with van der Waals surface area (Å²) >= 11 is 0. The Morgan fingerprint density at radius 1 is 1.19 bits per heavy atom. The lowest BCUT2D eigenvalue weighted by atomic mass is 10.3. The van der Waals surface area contributed by atoms with Crippen LogP contribution in [0.3, 0.4) is 0 Å². The fourth-order valence-electron chi connectivity index (χ4n) is 1.52. The molecule has 1 aromatic carbocycles. The van der Waals surface area contributed by atoms with Crippen molar-refractivity contribution in [3.63, 3.8) is 0 Å². The number of rotatable bonds is 4. The monoisotopic (exact) mass is 312 g/mol. The Bertz CT molecular complexity index is 913. The Morgan fingerprint density at radius 3 is 2.48 bits per heavy atom. The quantitative estimate of drug-likeness (QED) is 0.523. The molecule has 0 saturated heterocycles. The number of nitro benzene ring substituents is 1. The number of nitro groups is 1. The molecule has 110 valence electrons. The van der Waals surface area contributed by atoms with Crippen LogP contribution in [0, 0.1) is 10.1 Å². The highest BCUT2D eigenvalue weighted by Crippen LogP contribution is 2.25. The number of nitrogens with zero attached hydrogens (tertiary/aromatic N) is 1. The van der Waals surface area contributed by atoms with E-state index in [4.69, 9.17) is 0 Å². The van der Waals surface area contributed by atoms with Crippen molar-refractivity contribution in [3.8, 4) is 0 Å². The predicted octanol–water partition coefficient (Wildman–Crippen LogP) is -0.228. The third-order valence-corrected chi connectivity index (χ3v) is 3.79. The van der Waals surface area contributed by atoms with Crippen molar-refractivity contribution >= 4 is 21.4 Å². The molecule has 0 bridgehead atoms. The summed E-state index contributed by atoms with van der Waals surface area (Å²) in [5, 5.41) is 10.8. The van der Waals surface area contributed by atoms with E-state index >= 15 is 0 Å². The average molecular weight is 312 g/mol. The number of anilines is 1. The Morgan fingerprint density at radius 2 is 1.86 bits per heavy atom. The molecule has 3 N–H and O–H groups in total. The second-order valence-corrected chi connectivity index (χ2v) is 5.47. The van der Waals surface area contributed by atoms with Crippen LogP contribution >= 0.6 is 0 Å². The predicted molar refractivity (Wildman–Crippen MR) is 71.6 cm³/mol. The average Bonchev–Trinajstić information content (AvgIpc) is 2.37. The number of aromatic amines is 2. The maximum Gasteiger partial charge on any atom is 0.325 e. The Balaban J connectivity index is 2.50. The van der Waals surface area contributed by atoms with Gasteiger partial charge in [-0.3, -0.25) is 24.6 Å². The van der Waals surface area contributed by atoms with E-state index in [1.54, 1.807) is 4.98 Å². The van der Waals surface area contributed by atoms with Crippen molar-refractivity contribution in [2.45, 2.75) is 4.90 Å². The van der Waals surface area contributed by atoms with E-state index in [-0.39, 0.29) is 5.69 Å². The topological polar surface area (TPSA) is 155 Å². The first kappa shape index (κ1) is 14.5. The Labute approximate surface area is 116 Å². The summed E-state index contributed by atoms with van der Waals surface area (Å²) in [6.45, 7) is 0. The van der Waals surface area contributed by atoms with Gasteiger partial charge in [0.1, 0.15) is 5.69 Å². The van der Waals surface area contributed by atoms with Gasteiger partial charge in [-0.05, 0) is 6.07 Å².